The molecule has 1 aromatic carbocycles. The highest BCUT2D eigenvalue weighted by molar-refractivity contribution is 6.60. The zero-order valence-electron chi connectivity index (χ0n) is 8.97. The van der Waals surface area contributed by atoms with Gasteiger partial charge in [0.2, 0.25) is 0 Å². The van der Waals surface area contributed by atoms with Gasteiger partial charge in [-0.15, -0.1) is 0 Å². The molecule has 0 heterocycles. The number of rotatable bonds is 6. The second-order valence-corrected chi connectivity index (χ2v) is 5.85. The molecule has 0 saturated heterocycles. The van der Waals surface area contributed by atoms with Gasteiger partial charge in [0.05, 0.1) is 0 Å². The lowest BCUT2D eigenvalue weighted by Crippen LogP contribution is -2.47. The van der Waals surface area contributed by atoms with E-state index in [1.54, 1.807) is 0 Å². The molecule has 0 saturated carbocycles. The molecule has 84 valence electrons. The summed E-state index contributed by atoms with van der Waals surface area (Å²) < 4.78 is 15.7. The molecule has 0 aliphatic heterocycles. The molecule has 0 aliphatic carbocycles. The summed E-state index contributed by atoms with van der Waals surface area (Å²) in [4.78, 5) is 0. The number of hydrogen-bond donors (Lipinski definition) is 1. The Balaban J connectivity index is 2.74. The highest BCUT2D eigenvalue weighted by atomic mass is 28.4. The van der Waals surface area contributed by atoms with E-state index in [9.17, 15) is 0 Å². The van der Waals surface area contributed by atoms with Gasteiger partial charge in [0.15, 0.2) is 0 Å². The lowest BCUT2D eigenvalue weighted by Gasteiger charge is -2.25. The lowest BCUT2D eigenvalue weighted by atomic mass is 10.2. The maximum atomic E-state index is 8.79. The third kappa shape index (κ3) is 3.40. The summed E-state index contributed by atoms with van der Waals surface area (Å²) in [5, 5.41) is 8.79. The van der Waals surface area contributed by atoms with Crippen LogP contribution in [0.3, 0.4) is 0 Å². The molecule has 0 amide bonds. The summed E-state index contributed by atoms with van der Waals surface area (Å²) in [5.41, 5.74) is 1.07. The highest BCUT2D eigenvalue weighted by Crippen LogP contribution is 2.14. The molecule has 1 rings (SSSR count). The van der Waals surface area contributed by atoms with E-state index in [0.717, 1.165) is 5.56 Å². The van der Waals surface area contributed by atoms with E-state index in [-0.39, 0.29) is 6.79 Å². The molecule has 5 heteroatoms. The molecule has 0 fully saturated rings. The van der Waals surface area contributed by atoms with Crippen LogP contribution in [-0.2, 0) is 19.3 Å². The van der Waals surface area contributed by atoms with Gasteiger partial charge in [-0.05, 0) is 5.56 Å². The van der Waals surface area contributed by atoms with Crippen molar-refractivity contribution in [1.29, 1.82) is 0 Å². The van der Waals surface area contributed by atoms with Crippen LogP contribution in [0.5, 0.6) is 0 Å². The smallest absolute Gasteiger partial charge is 0.377 e. The molecule has 0 aromatic heterocycles. The minimum absolute atomic E-state index is 0.388. The van der Waals surface area contributed by atoms with Crippen molar-refractivity contribution in [2.75, 3.05) is 21.0 Å². The molecule has 0 radical (unpaired) electrons. The van der Waals surface area contributed by atoms with Gasteiger partial charge in [-0.1, -0.05) is 30.3 Å². The van der Waals surface area contributed by atoms with Crippen LogP contribution in [-0.4, -0.2) is 34.9 Å². The number of aliphatic hydroxyl groups excluding tert-OH is 1. The van der Waals surface area contributed by atoms with E-state index in [1.807, 2.05) is 30.3 Å². The zero-order valence-corrected chi connectivity index (χ0v) is 9.97. The van der Waals surface area contributed by atoms with Crippen LogP contribution in [0.1, 0.15) is 5.56 Å². The Morgan fingerprint density at radius 2 is 1.73 bits per heavy atom. The van der Waals surface area contributed by atoms with Gasteiger partial charge < -0.3 is 18.4 Å². The second-order valence-electron chi connectivity index (χ2n) is 3.03. The largest absolute Gasteiger partial charge is 0.506 e. The molecule has 15 heavy (non-hydrogen) atoms. The van der Waals surface area contributed by atoms with E-state index >= 15 is 0 Å². The van der Waals surface area contributed by atoms with Crippen LogP contribution in [0.25, 0.3) is 0 Å². The maximum Gasteiger partial charge on any atom is 0.506 e. The minimum atomic E-state index is -2.73. The van der Waals surface area contributed by atoms with E-state index in [0.29, 0.717) is 6.04 Å². The van der Waals surface area contributed by atoms with Gasteiger partial charge >= 0.3 is 8.80 Å². The van der Waals surface area contributed by atoms with Gasteiger partial charge in [0.1, 0.15) is 6.79 Å². The summed E-state index contributed by atoms with van der Waals surface area (Å²) in [6.45, 7) is -0.388. The first-order valence-corrected chi connectivity index (χ1v) is 6.58. The van der Waals surface area contributed by atoms with E-state index < -0.39 is 8.80 Å². The summed E-state index contributed by atoms with van der Waals surface area (Å²) in [6.07, 6.45) is 0. The molecule has 0 atom stereocenters. The van der Waals surface area contributed by atoms with Crippen molar-refractivity contribution < 1.29 is 18.4 Å². The third-order valence-corrected chi connectivity index (χ3v) is 4.82. The SMILES string of the molecule is CO[Si](Cc1ccccc1)(OC)OCO. The Labute approximate surface area is 90.8 Å². The van der Waals surface area contributed by atoms with E-state index in [4.69, 9.17) is 18.4 Å². The molecule has 0 spiro atoms. The first-order chi connectivity index (χ1) is 7.26. The Kier molecular flexibility index (Phi) is 4.93. The molecule has 0 unspecified atom stereocenters. The Morgan fingerprint density at radius 1 is 1.13 bits per heavy atom. The van der Waals surface area contributed by atoms with E-state index in [1.165, 1.54) is 14.2 Å². The van der Waals surface area contributed by atoms with Gasteiger partial charge in [-0.2, -0.15) is 0 Å². The van der Waals surface area contributed by atoms with Gasteiger partial charge in [0.25, 0.3) is 0 Å². The van der Waals surface area contributed by atoms with Gasteiger partial charge in [-0.3, -0.25) is 0 Å². The van der Waals surface area contributed by atoms with Crippen molar-refractivity contribution in [2.45, 2.75) is 6.04 Å². The van der Waals surface area contributed by atoms with Crippen molar-refractivity contribution in [3.05, 3.63) is 35.9 Å². The average Bonchev–Trinajstić information content (AvgIpc) is 2.30. The summed E-state index contributed by atoms with van der Waals surface area (Å²) in [5.74, 6) is 0. The summed E-state index contributed by atoms with van der Waals surface area (Å²) >= 11 is 0. The van der Waals surface area contributed by atoms with Crippen molar-refractivity contribution in [2.24, 2.45) is 0 Å². The summed E-state index contributed by atoms with van der Waals surface area (Å²) in [7, 11) is 0.338. The van der Waals surface area contributed by atoms with Gasteiger partial charge in [0, 0.05) is 20.3 Å². The number of aliphatic hydroxyl groups is 1. The monoisotopic (exact) mass is 228 g/mol. The molecule has 1 aromatic rings. The number of benzene rings is 1. The van der Waals surface area contributed by atoms with Gasteiger partial charge in [-0.25, -0.2) is 0 Å². The third-order valence-electron chi connectivity index (χ3n) is 2.17. The number of hydrogen-bond acceptors (Lipinski definition) is 4. The fraction of sp³-hybridized carbons (Fsp3) is 0.400. The molecule has 0 bridgehead atoms. The second kappa shape index (κ2) is 5.99. The molecule has 4 nitrogen and oxygen atoms in total. The fourth-order valence-electron chi connectivity index (χ4n) is 1.34. The average molecular weight is 228 g/mol. The molecule has 0 aliphatic rings. The molecular weight excluding hydrogens is 212 g/mol. The van der Waals surface area contributed by atoms with Crippen LogP contribution in [0.15, 0.2) is 30.3 Å². The van der Waals surface area contributed by atoms with Crippen LogP contribution >= 0.6 is 0 Å². The van der Waals surface area contributed by atoms with Crippen molar-refractivity contribution in [1.82, 2.24) is 0 Å². The molecule has 1 N–H and O–H groups in total. The van der Waals surface area contributed by atoms with Crippen LogP contribution in [0, 0.1) is 0 Å². The van der Waals surface area contributed by atoms with Crippen LogP contribution in [0.4, 0.5) is 0 Å². The van der Waals surface area contributed by atoms with E-state index in [2.05, 4.69) is 0 Å². The standard InChI is InChI=1S/C10H16O4Si/c1-12-15(13-2,14-9-11)8-10-6-4-3-5-7-10/h3-7,11H,8-9H2,1-2H3. The normalized spacial score (nSPS) is 11.7. The molecular formula is C10H16O4Si. The van der Waals surface area contributed by atoms with Crippen molar-refractivity contribution >= 4 is 8.80 Å². The predicted octanol–water partition coefficient (Wildman–Crippen LogP) is 0.966. The zero-order chi connectivity index (χ0) is 11.1. The summed E-state index contributed by atoms with van der Waals surface area (Å²) in [6, 6.07) is 10.3. The predicted molar refractivity (Wildman–Crippen MR) is 58.1 cm³/mol. The lowest BCUT2D eigenvalue weighted by molar-refractivity contribution is 0.0143. The Hall–Kier alpha value is -0.723. The highest BCUT2D eigenvalue weighted by Gasteiger charge is 2.39. The van der Waals surface area contributed by atoms with Crippen molar-refractivity contribution in [3.63, 3.8) is 0 Å². The fourth-order valence-corrected chi connectivity index (χ4v) is 3.07. The first kappa shape index (κ1) is 12.3. The maximum absolute atomic E-state index is 8.79. The Morgan fingerprint density at radius 3 is 2.20 bits per heavy atom. The quantitative estimate of drug-likeness (QED) is 0.582. The van der Waals surface area contributed by atoms with Crippen LogP contribution < -0.4 is 0 Å². The Bertz CT molecular complexity index is 274. The van der Waals surface area contributed by atoms with Crippen LogP contribution in [0.2, 0.25) is 0 Å². The van der Waals surface area contributed by atoms with Crippen molar-refractivity contribution in [3.8, 4) is 0 Å². The minimum Gasteiger partial charge on any atom is -0.377 e. The topological polar surface area (TPSA) is 47.9 Å². The first-order valence-electron chi connectivity index (χ1n) is 4.65.